The summed E-state index contributed by atoms with van der Waals surface area (Å²) in [5.74, 6) is 1.50. The third-order valence-electron chi connectivity index (χ3n) is 7.44. The van der Waals surface area contributed by atoms with Crippen molar-refractivity contribution in [2.75, 3.05) is 31.5 Å². The molecule has 4 rings (SSSR count). The van der Waals surface area contributed by atoms with Gasteiger partial charge < -0.3 is 20.9 Å². The molecule has 0 spiro atoms. The molecule has 2 aromatic carbocycles. The van der Waals surface area contributed by atoms with Crippen LogP contribution in [0.5, 0.6) is 0 Å². The average molecular weight is 559 g/mol. The van der Waals surface area contributed by atoms with Gasteiger partial charge in [0.05, 0.1) is 6.04 Å². The van der Waals surface area contributed by atoms with E-state index in [4.69, 9.17) is 28.2 Å². The second-order valence-electron chi connectivity index (χ2n) is 11.8. The molecule has 3 N–H and O–H groups in total. The molecular weight excluding hydrogens is 517 g/mol. The Balaban J connectivity index is 1.41. The number of hydrogen-bond donors (Lipinski definition) is 3. The topological polar surface area (TPSA) is 68.8 Å². The monoisotopic (exact) mass is 557 g/mol. The summed E-state index contributed by atoms with van der Waals surface area (Å²) in [6.07, 6.45) is 4.12. The van der Waals surface area contributed by atoms with Gasteiger partial charge in [-0.2, -0.15) is 0 Å². The number of nitrogens with zero attached hydrogens (tertiary/aromatic N) is 2. The van der Waals surface area contributed by atoms with Crippen LogP contribution in [-0.2, 0) is 6.42 Å². The van der Waals surface area contributed by atoms with E-state index in [0.717, 1.165) is 49.7 Å². The molecule has 2 aromatic rings. The Morgan fingerprint density at radius 2 is 1.89 bits per heavy atom. The summed E-state index contributed by atoms with van der Waals surface area (Å²) < 4.78 is 0. The zero-order chi connectivity index (χ0) is 27.3. The van der Waals surface area contributed by atoms with Crippen molar-refractivity contribution in [3.8, 4) is 0 Å². The third kappa shape index (κ3) is 8.11. The largest absolute Gasteiger partial charge is 0.352 e. The van der Waals surface area contributed by atoms with Gasteiger partial charge in [-0.3, -0.25) is 4.79 Å². The zero-order valence-corrected chi connectivity index (χ0v) is 24.5. The lowest BCUT2D eigenvalue weighted by atomic mass is 9.71. The van der Waals surface area contributed by atoms with E-state index >= 15 is 0 Å². The summed E-state index contributed by atoms with van der Waals surface area (Å²) in [6.45, 7) is 12.5. The summed E-state index contributed by atoms with van der Waals surface area (Å²) in [6, 6.07) is 13.8. The van der Waals surface area contributed by atoms with Crippen LogP contribution in [-0.4, -0.2) is 55.0 Å². The first kappa shape index (κ1) is 28.7. The van der Waals surface area contributed by atoms with E-state index in [1.807, 2.05) is 36.4 Å². The van der Waals surface area contributed by atoms with Crippen molar-refractivity contribution in [1.82, 2.24) is 15.5 Å². The second kappa shape index (κ2) is 12.7. The number of guanidine groups is 1. The molecule has 2 fully saturated rings. The summed E-state index contributed by atoms with van der Waals surface area (Å²) in [4.78, 5) is 20.4. The van der Waals surface area contributed by atoms with Gasteiger partial charge in [0.1, 0.15) is 0 Å². The highest BCUT2D eigenvalue weighted by Gasteiger charge is 2.32. The number of halogens is 2. The number of aliphatic imine (C=N–C) groups is 1. The Labute approximate surface area is 237 Å². The van der Waals surface area contributed by atoms with Gasteiger partial charge in [-0.25, -0.2) is 4.99 Å². The summed E-state index contributed by atoms with van der Waals surface area (Å²) >= 11 is 12.2. The van der Waals surface area contributed by atoms with Gasteiger partial charge in [0.15, 0.2) is 5.96 Å². The van der Waals surface area contributed by atoms with Crippen molar-refractivity contribution in [2.24, 2.45) is 16.3 Å². The highest BCUT2D eigenvalue weighted by atomic mass is 35.5. The van der Waals surface area contributed by atoms with E-state index in [1.54, 1.807) is 6.07 Å². The molecule has 0 bridgehead atoms. The van der Waals surface area contributed by atoms with Crippen molar-refractivity contribution >= 4 is 40.8 Å². The highest BCUT2D eigenvalue weighted by molar-refractivity contribution is 6.35. The Morgan fingerprint density at radius 3 is 2.58 bits per heavy atom. The minimum absolute atomic E-state index is 0.107. The van der Waals surface area contributed by atoms with Crippen LogP contribution in [0.1, 0.15) is 62.9 Å². The lowest BCUT2D eigenvalue weighted by molar-refractivity contribution is 0.0954. The number of carbonyl (C=O) groups is 1. The van der Waals surface area contributed by atoms with E-state index < -0.39 is 0 Å². The zero-order valence-electron chi connectivity index (χ0n) is 23.0. The lowest BCUT2D eigenvalue weighted by Crippen LogP contribution is -2.53. The number of anilines is 1. The van der Waals surface area contributed by atoms with Gasteiger partial charge >= 0.3 is 0 Å². The van der Waals surface area contributed by atoms with E-state index in [-0.39, 0.29) is 5.91 Å². The van der Waals surface area contributed by atoms with E-state index in [1.165, 1.54) is 6.42 Å². The van der Waals surface area contributed by atoms with E-state index in [9.17, 15) is 4.79 Å². The molecule has 1 aliphatic carbocycles. The first-order valence-corrected chi connectivity index (χ1v) is 14.5. The highest BCUT2D eigenvalue weighted by Crippen LogP contribution is 2.40. The fourth-order valence-corrected chi connectivity index (χ4v) is 6.36. The third-order valence-corrected chi connectivity index (χ3v) is 8.02. The normalized spacial score (nSPS) is 23.7. The standard InChI is InChI=1S/C30H41Cl2N5O/c1-20-15-26(18-30(3,4)17-20)36-29(37-14-13-33-21(2)19-37)35-25-9-6-23(7-10-25)28(38)34-12-11-22-5-8-24(31)16-27(22)32/h5-10,16,20-21,26,33H,11-15,17-19H2,1-4H3,(H,34,38)(H,35,36)/t20?,21-,26?/m0/s1. The predicted octanol–water partition coefficient (Wildman–Crippen LogP) is 6.24. The van der Waals surface area contributed by atoms with Crippen LogP contribution in [0.4, 0.5) is 5.69 Å². The van der Waals surface area contributed by atoms with Crippen molar-refractivity contribution in [1.29, 1.82) is 0 Å². The van der Waals surface area contributed by atoms with E-state index in [2.05, 4.69) is 48.5 Å². The van der Waals surface area contributed by atoms with Crippen molar-refractivity contribution in [3.63, 3.8) is 0 Å². The first-order chi connectivity index (χ1) is 18.1. The number of hydrogen-bond acceptors (Lipinski definition) is 3. The molecule has 206 valence electrons. The van der Waals surface area contributed by atoms with Gasteiger partial charge in [0, 0.05) is 53.5 Å². The average Bonchev–Trinajstić information content (AvgIpc) is 2.84. The molecule has 8 heteroatoms. The van der Waals surface area contributed by atoms with Crippen LogP contribution in [0.2, 0.25) is 10.0 Å². The lowest BCUT2D eigenvalue weighted by Gasteiger charge is -2.39. The molecule has 1 aliphatic heterocycles. The second-order valence-corrected chi connectivity index (χ2v) is 12.6. The van der Waals surface area contributed by atoms with Crippen LogP contribution in [0.15, 0.2) is 47.5 Å². The van der Waals surface area contributed by atoms with Gasteiger partial charge in [0.2, 0.25) is 0 Å². The van der Waals surface area contributed by atoms with Crippen molar-refractivity contribution in [3.05, 3.63) is 63.6 Å². The molecule has 1 saturated heterocycles. The molecule has 3 atom stereocenters. The van der Waals surface area contributed by atoms with Crippen LogP contribution in [0.3, 0.4) is 0 Å². The number of piperazine rings is 1. The van der Waals surface area contributed by atoms with Gasteiger partial charge in [-0.1, -0.05) is 50.0 Å². The molecule has 2 aliphatic rings. The van der Waals surface area contributed by atoms with Gasteiger partial charge in [-0.05, 0) is 85.9 Å². The molecule has 1 amide bonds. The van der Waals surface area contributed by atoms with Crippen LogP contribution in [0, 0.1) is 11.3 Å². The fourth-order valence-electron chi connectivity index (χ4n) is 5.86. The van der Waals surface area contributed by atoms with E-state index in [0.29, 0.717) is 52.0 Å². The maximum absolute atomic E-state index is 12.7. The maximum Gasteiger partial charge on any atom is 0.251 e. The number of amides is 1. The summed E-state index contributed by atoms with van der Waals surface area (Å²) in [7, 11) is 0. The van der Waals surface area contributed by atoms with Crippen LogP contribution >= 0.6 is 23.2 Å². The quantitative estimate of drug-likeness (QED) is 0.290. The Kier molecular flexibility index (Phi) is 9.61. The molecular formula is C30H41Cl2N5O. The van der Waals surface area contributed by atoms with Crippen molar-refractivity contribution in [2.45, 2.75) is 65.5 Å². The first-order valence-electron chi connectivity index (χ1n) is 13.7. The molecule has 2 unspecified atom stereocenters. The molecule has 0 radical (unpaired) electrons. The molecule has 1 saturated carbocycles. The summed E-state index contributed by atoms with van der Waals surface area (Å²) in [5.41, 5.74) is 2.82. The number of nitrogens with one attached hydrogen (secondary N) is 3. The minimum atomic E-state index is -0.107. The SMILES string of the molecule is CC1CC(N=C(Nc2ccc(C(=O)NCCc3ccc(Cl)cc3Cl)cc2)N2CCN[C@@H](C)C2)CC(C)(C)C1. The number of carbonyl (C=O) groups excluding carboxylic acids is 1. The smallest absolute Gasteiger partial charge is 0.251 e. The molecule has 1 heterocycles. The Bertz CT molecular complexity index is 1130. The van der Waals surface area contributed by atoms with Gasteiger partial charge in [0.25, 0.3) is 5.91 Å². The minimum Gasteiger partial charge on any atom is -0.352 e. The maximum atomic E-state index is 12.7. The van der Waals surface area contributed by atoms with Crippen molar-refractivity contribution < 1.29 is 4.79 Å². The van der Waals surface area contributed by atoms with Crippen LogP contribution in [0.25, 0.3) is 0 Å². The van der Waals surface area contributed by atoms with Crippen LogP contribution < -0.4 is 16.0 Å². The fraction of sp³-hybridized carbons (Fsp3) is 0.533. The summed E-state index contributed by atoms with van der Waals surface area (Å²) in [5, 5.41) is 11.3. The molecule has 6 nitrogen and oxygen atoms in total. The Hall–Kier alpha value is -2.28. The predicted molar refractivity (Wildman–Crippen MR) is 160 cm³/mol. The van der Waals surface area contributed by atoms with Gasteiger partial charge in [-0.15, -0.1) is 0 Å². The molecule has 38 heavy (non-hydrogen) atoms. The number of benzene rings is 2. The molecule has 0 aromatic heterocycles. The Morgan fingerprint density at radius 1 is 1.13 bits per heavy atom. The number of rotatable bonds is 6.